The van der Waals surface area contributed by atoms with Crippen LogP contribution in [0.4, 0.5) is 0 Å². The van der Waals surface area contributed by atoms with Gasteiger partial charge >= 0.3 is 11.9 Å². The summed E-state index contributed by atoms with van der Waals surface area (Å²) in [5, 5.41) is 17.3. The van der Waals surface area contributed by atoms with Crippen molar-refractivity contribution in [1.29, 1.82) is 0 Å². The standard InChI is InChI=1S/C13H22O4/c1-2-3-4-5-6-7-8-11(9-12(14)15)10-13(16)17/h7-8,11H,2-6,9-10H2,1H3,(H,14,15)(H,16,17). The summed E-state index contributed by atoms with van der Waals surface area (Å²) < 4.78 is 0. The monoisotopic (exact) mass is 242 g/mol. The lowest BCUT2D eigenvalue weighted by molar-refractivity contribution is -0.139. The zero-order valence-corrected chi connectivity index (χ0v) is 10.4. The van der Waals surface area contributed by atoms with Gasteiger partial charge in [-0.1, -0.05) is 38.3 Å². The predicted octanol–water partition coefficient (Wildman–Crippen LogP) is 3.08. The lowest BCUT2D eigenvalue weighted by atomic mass is 10.00. The maximum absolute atomic E-state index is 10.5. The second-order valence-electron chi connectivity index (χ2n) is 4.23. The van der Waals surface area contributed by atoms with Crippen LogP contribution in [0.5, 0.6) is 0 Å². The summed E-state index contributed by atoms with van der Waals surface area (Å²) in [6.07, 6.45) is 8.96. The van der Waals surface area contributed by atoms with Gasteiger partial charge in [-0.2, -0.15) is 0 Å². The van der Waals surface area contributed by atoms with E-state index in [0.717, 1.165) is 12.8 Å². The van der Waals surface area contributed by atoms with Crippen LogP contribution in [0, 0.1) is 5.92 Å². The maximum atomic E-state index is 10.5. The van der Waals surface area contributed by atoms with E-state index >= 15 is 0 Å². The molecule has 0 heterocycles. The molecule has 0 amide bonds. The van der Waals surface area contributed by atoms with E-state index in [-0.39, 0.29) is 12.8 Å². The first-order valence-electron chi connectivity index (χ1n) is 6.16. The van der Waals surface area contributed by atoms with Crippen molar-refractivity contribution in [3.8, 4) is 0 Å². The van der Waals surface area contributed by atoms with Gasteiger partial charge in [0.2, 0.25) is 0 Å². The van der Waals surface area contributed by atoms with Crippen LogP contribution in [0.3, 0.4) is 0 Å². The first-order chi connectivity index (χ1) is 8.06. The number of allylic oxidation sites excluding steroid dienone is 2. The van der Waals surface area contributed by atoms with Gasteiger partial charge in [-0.15, -0.1) is 0 Å². The highest BCUT2D eigenvalue weighted by Gasteiger charge is 2.13. The molecule has 0 aliphatic heterocycles. The fourth-order valence-corrected chi connectivity index (χ4v) is 1.63. The number of rotatable bonds is 10. The molecule has 0 aromatic carbocycles. The molecule has 0 spiro atoms. The molecule has 0 aliphatic carbocycles. The van der Waals surface area contributed by atoms with E-state index in [1.165, 1.54) is 19.3 Å². The molecule has 4 heteroatoms. The lowest BCUT2D eigenvalue weighted by Crippen LogP contribution is -2.10. The Kier molecular flexibility index (Phi) is 9.11. The van der Waals surface area contributed by atoms with Crippen LogP contribution in [-0.4, -0.2) is 22.2 Å². The molecular formula is C13H22O4. The van der Waals surface area contributed by atoms with E-state index in [4.69, 9.17) is 10.2 Å². The maximum Gasteiger partial charge on any atom is 0.303 e. The molecular weight excluding hydrogens is 220 g/mol. The largest absolute Gasteiger partial charge is 0.481 e. The molecule has 17 heavy (non-hydrogen) atoms. The van der Waals surface area contributed by atoms with E-state index < -0.39 is 17.9 Å². The predicted molar refractivity (Wildman–Crippen MR) is 65.9 cm³/mol. The van der Waals surface area contributed by atoms with Gasteiger partial charge in [-0.05, 0) is 18.8 Å². The quantitative estimate of drug-likeness (QED) is 0.456. The number of hydrogen-bond acceptors (Lipinski definition) is 2. The Morgan fingerprint density at radius 1 is 1.06 bits per heavy atom. The smallest absolute Gasteiger partial charge is 0.303 e. The molecule has 0 radical (unpaired) electrons. The molecule has 0 aromatic heterocycles. The highest BCUT2D eigenvalue weighted by atomic mass is 16.4. The molecule has 0 unspecified atom stereocenters. The molecule has 2 N–H and O–H groups in total. The van der Waals surface area contributed by atoms with Crippen LogP contribution in [-0.2, 0) is 9.59 Å². The van der Waals surface area contributed by atoms with Gasteiger partial charge in [0.05, 0.1) is 12.8 Å². The summed E-state index contributed by atoms with van der Waals surface area (Å²) in [5.41, 5.74) is 0. The van der Waals surface area contributed by atoms with Crippen LogP contribution in [0.15, 0.2) is 12.2 Å². The van der Waals surface area contributed by atoms with Crippen molar-refractivity contribution in [2.45, 2.75) is 51.9 Å². The van der Waals surface area contributed by atoms with Crippen molar-refractivity contribution in [2.75, 3.05) is 0 Å². The average Bonchev–Trinajstić information content (AvgIpc) is 2.21. The third kappa shape index (κ3) is 11.0. The summed E-state index contributed by atoms with van der Waals surface area (Å²) >= 11 is 0. The fourth-order valence-electron chi connectivity index (χ4n) is 1.63. The second-order valence-corrected chi connectivity index (χ2v) is 4.23. The summed E-state index contributed by atoms with van der Waals surface area (Å²) in [6.45, 7) is 2.14. The van der Waals surface area contributed by atoms with Crippen LogP contribution >= 0.6 is 0 Å². The van der Waals surface area contributed by atoms with Gasteiger partial charge < -0.3 is 10.2 Å². The zero-order chi connectivity index (χ0) is 13.1. The van der Waals surface area contributed by atoms with E-state index in [1.54, 1.807) is 6.08 Å². The highest BCUT2D eigenvalue weighted by molar-refractivity contribution is 5.71. The topological polar surface area (TPSA) is 74.6 Å². The average molecular weight is 242 g/mol. The third-order valence-corrected chi connectivity index (χ3v) is 2.51. The molecule has 4 nitrogen and oxygen atoms in total. The molecule has 0 saturated heterocycles. The molecule has 0 aromatic rings. The van der Waals surface area contributed by atoms with Gasteiger partial charge in [0, 0.05) is 0 Å². The summed E-state index contributed by atoms with van der Waals surface area (Å²) in [4.78, 5) is 21.1. The molecule has 0 bridgehead atoms. The molecule has 0 atom stereocenters. The van der Waals surface area contributed by atoms with Crippen molar-refractivity contribution < 1.29 is 19.8 Å². The lowest BCUT2D eigenvalue weighted by Gasteiger charge is -2.06. The Balaban J connectivity index is 3.91. The highest BCUT2D eigenvalue weighted by Crippen LogP contribution is 2.12. The van der Waals surface area contributed by atoms with Crippen LogP contribution in [0.1, 0.15) is 51.9 Å². The van der Waals surface area contributed by atoms with Gasteiger partial charge in [0.1, 0.15) is 0 Å². The Bertz CT molecular complexity index is 242. The number of carbonyl (C=O) groups is 2. The minimum atomic E-state index is -0.952. The molecule has 0 saturated carbocycles. The number of unbranched alkanes of at least 4 members (excludes halogenated alkanes) is 4. The SMILES string of the molecule is CCCCCCC=CC(CC(=O)O)CC(=O)O. The van der Waals surface area contributed by atoms with Crippen LogP contribution < -0.4 is 0 Å². The Labute approximate surface area is 102 Å². The zero-order valence-electron chi connectivity index (χ0n) is 10.4. The number of carboxylic acids is 2. The summed E-state index contributed by atoms with van der Waals surface area (Å²) in [6, 6.07) is 0. The van der Waals surface area contributed by atoms with Gasteiger partial charge in [0.25, 0.3) is 0 Å². The Morgan fingerprint density at radius 3 is 2.12 bits per heavy atom. The fraction of sp³-hybridized carbons (Fsp3) is 0.692. The third-order valence-electron chi connectivity index (χ3n) is 2.51. The van der Waals surface area contributed by atoms with Gasteiger partial charge in [-0.25, -0.2) is 0 Å². The first kappa shape index (κ1) is 15.7. The van der Waals surface area contributed by atoms with E-state index in [2.05, 4.69) is 6.92 Å². The van der Waals surface area contributed by atoms with E-state index in [9.17, 15) is 9.59 Å². The number of carboxylic acid groups (broad SMARTS) is 2. The summed E-state index contributed by atoms with van der Waals surface area (Å²) in [5.74, 6) is -2.30. The second kappa shape index (κ2) is 9.87. The van der Waals surface area contributed by atoms with E-state index in [0.29, 0.717) is 0 Å². The van der Waals surface area contributed by atoms with Crippen molar-refractivity contribution in [3.63, 3.8) is 0 Å². The van der Waals surface area contributed by atoms with Crippen molar-refractivity contribution in [3.05, 3.63) is 12.2 Å². The molecule has 98 valence electrons. The summed E-state index contributed by atoms with van der Waals surface area (Å²) in [7, 11) is 0. The van der Waals surface area contributed by atoms with Crippen LogP contribution in [0.2, 0.25) is 0 Å². The van der Waals surface area contributed by atoms with E-state index in [1.807, 2.05) is 6.08 Å². The molecule has 0 rings (SSSR count). The molecule has 0 aliphatic rings. The minimum absolute atomic E-state index is 0.113. The normalized spacial score (nSPS) is 11.2. The van der Waals surface area contributed by atoms with Crippen molar-refractivity contribution in [1.82, 2.24) is 0 Å². The van der Waals surface area contributed by atoms with Crippen LogP contribution in [0.25, 0.3) is 0 Å². The van der Waals surface area contributed by atoms with Crippen molar-refractivity contribution in [2.24, 2.45) is 5.92 Å². The Hall–Kier alpha value is -1.32. The van der Waals surface area contributed by atoms with Crippen molar-refractivity contribution >= 4 is 11.9 Å². The van der Waals surface area contributed by atoms with Gasteiger partial charge in [0.15, 0.2) is 0 Å². The van der Waals surface area contributed by atoms with Gasteiger partial charge in [-0.3, -0.25) is 9.59 Å². The number of hydrogen-bond donors (Lipinski definition) is 2. The Morgan fingerprint density at radius 2 is 1.65 bits per heavy atom. The minimum Gasteiger partial charge on any atom is -0.481 e. The number of aliphatic carboxylic acids is 2. The molecule has 0 fully saturated rings. The first-order valence-corrected chi connectivity index (χ1v) is 6.16.